The third kappa shape index (κ3) is 5.03. The van der Waals surface area contributed by atoms with Gasteiger partial charge in [-0.3, -0.25) is 9.48 Å². The Balaban J connectivity index is 0.00000306. The number of anilines is 2. The van der Waals surface area contributed by atoms with E-state index in [0.717, 1.165) is 34.9 Å². The maximum Gasteiger partial charge on any atom is 0.247 e. The van der Waals surface area contributed by atoms with Crippen molar-refractivity contribution in [2.75, 3.05) is 17.3 Å². The molecule has 8 heteroatoms. The first kappa shape index (κ1) is 23.9. The molecule has 172 valence electrons. The van der Waals surface area contributed by atoms with E-state index in [1.165, 1.54) is 0 Å². The summed E-state index contributed by atoms with van der Waals surface area (Å²) in [5.41, 5.74) is 4.34. The standard InChI is InChI=1S/C24H27N7O.CH4/c1-15(2)22-24(32)29-21-16(3)27-20(28-23(21)30(22)4)10-9-19-12-26-31(14-19)13-18-7-5-17(11-25)6-8-18;/h5-8,12,14-15,22H,9-10,13H2,1-4H3,(H,29,32);1H4/t22-;/m0./s1. The van der Waals surface area contributed by atoms with E-state index >= 15 is 0 Å². The number of fused-ring (bicyclic) bond motifs is 1. The number of nitriles is 1. The number of amides is 1. The highest BCUT2D eigenvalue weighted by atomic mass is 16.2. The Morgan fingerprint density at radius 1 is 1.15 bits per heavy atom. The lowest BCUT2D eigenvalue weighted by atomic mass is 9.99. The van der Waals surface area contributed by atoms with Crippen LogP contribution in [0, 0.1) is 24.2 Å². The van der Waals surface area contributed by atoms with Crippen LogP contribution in [-0.2, 0) is 24.2 Å². The van der Waals surface area contributed by atoms with E-state index in [0.29, 0.717) is 24.2 Å². The predicted octanol–water partition coefficient (Wildman–Crippen LogP) is 3.74. The van der Waals surface area contributed by atoms with Crippen LogP contribution >= 0.6 is 0 Å². The summed E-state index contributed by atoms with van der Waals surface area (Å²) in [4.78, 5) is 23.9. The smallest absolute Gasteiger partial charge is 0.247 e. The molecular weight excluding hydrogens is 414 g/mol. The van der Waals surface area contributed by atoms with Crippen molar-refractivity contribution in [2.45, 2.75) is 53.6 Å². The minimum Gasteiger partial charge on any atom is -0.346 e. The average molecular weight is 446 g/mol. The molecule has 0 unspecified atom stereocenters. The molecular formula is C25H31N7O. The van der Waals surface area contributed by atoms with Gasteiger partial charge in [0.15, 0.2) is 5.82 Å². The first-order valence-electron chi connectivity index (χ1n) is 10.8. The second kappa shape index (κ2) is 9.82. The zero-order valence-electron chi connectivity index (χ0n) is 18.8. The van der Waals surface area contributed by atoms with E-state index in [4.69, 9.17) is 10.2 Å². The Hall–Kier alpha value is -3.73. The molecule has 0 spiro atoms. The molecule has 0 radical (unpaired) electrons. The van der Waals surface area contributed by atoms with Crippen molar-refractivity contribution in [3.63, 3.8) is 0 Å². The molecule has 1 aliphatic heterocycles. The zero-order valence-corrected chi connectivity index (χ0v) is 18.8. The van der Waals surface area contributed by atoms with Gasteiger partial charge in [0.2, 0.25) is 5.91 Å². The van der Waals surface area contributed by atoms with Gasteiger partial charge in [0, 0.05) is 19.7 Å². The van der Waals surface area contributed by atoms with Gasteiger partial charge in [-0.15, -0.1) is 0 Å². The number of hydrogen-bond donors (Lipinski definition) is 1. The number of carbonyl (C=O) groups excluding carboxylic acids is 1. The third-order valence-corrected chi connectivity index (χ3v) is 5.77. The quantitative estimate of drug-likeness (QED) is 0.620. The molecule has 1 aliphatic rings. The number of rotatable bonds is 6. The second-order valence-corrected chi connectivity index (χ2v) is 8.57. The molecule has 0 saturated carbocycles. The van der Waals surface area contributed by atoms with Crippen LogP contribution in [-0.4, -0.2) is 38.7 Å². The summed E-state index contributed by atoms with van der Waals surface area (Å²) in [6.07, 6.45) is 5.36. The van der Waals surface area contributed by atoms with E-state index in [-0.39, 0.29) is 25.3 Å². The number of benzene rings is 1. The zero-order chi connectivity index (χ0) is 22.8. The molecule has 3 heterocycles. The summed E-state index contributed by atoms with van der Waals surface area (Å²) in [5, 5.41) is 16.4. The van der Waals surface area contributed by atoms with Crippen LogP contribution in [0.1, 0.15) is 49.5 Å². The fourth-order valence-electron chi connectivity index (χ4n) is 4.13. The third-order valence-electron chi connectivity index (χ3n) is 5.77. The van der Waals surface area contributed by atoms with E-state index < -0.39 is 0 Å². The number of aromatic nitrogens is 4. The maximum atomic E-state index is 12.5. The topological polar surface area (TPSA) is 99.7 Å². The van der Waals surface area contributed by atoms with Gasteiger partial charge in [0.05, 0.1) is 30.1 Å². The van der Waals surface area contributed by atoms with Crippen molar-refractivity contribution < 1.29 is 4.79 Å². The van der Waals surface area contributed by atoms with Crippen LogP contribution in [0.3, 0.4) is 0 Å². The summed E-state index contributed by atoms with van der Waals surface area (Å²) in [7, 11) is 1.92. The molecule has 0 saturated heterocycles. The highest BCUT2D eigenvalue weighted by Gasteiger charge is 2.35. The number of likely N-dealkylation sites (N-methyl/N-ethyl adjacent to an activating group) is 1. The van der Waals surface area contributed by atoms with Gasteiger partial charge in [0.1, 0.15) is 17.6 Å². The molecule has 1 aromatic carbocycles. The molecule has 0 fully saturated rings. The second-order valence-electron chi connectivity index (χ2n) is 8.57. The number of carbonyl (C=O) groups is 1. The van der Waals surface area contributed by atoms with Crippen LogP contribution in [0.4, 0.5) is 11.5 Å². The molecule has 3 aromatic rings. The van der Waals surface area contributed by atoms with Gasteiger partial charge < -0.3 is 10.2 Å². The van der Waals surface area contributed by atoms with E-state index in [9.17, 15) is 4.79 Å². The van der Waals surface area contributed by atoms with Crippen LogP contribution < -0.4 is 10.2 Å². The summed E-state index contributed by atoms with van der Waals surface area (Å²) in [5.74, 6) is 1.70. The molecule has 1 atom stereocenters. The number of aryl methyl sites for hydroxylation is 3. The van der Waals surface area contributed by atoms with Gasteiger partial charge >= 0.3 is 0 Å². The minimum absolute atomic E-state index is 0. The summed E-state index contributed by atoms with van der Waals surface area (Å²) in [6, 6.07) is 9.42. The Kier molecular flexibility index (Phi) is 7.12. The van der Waals surface area contributed by atoms with E-state index in [1.807, 2.05) is 74.1 Å². The van der Waals surface area contributed by atoms with E-state index in [1.54, 1.807) is 0 Å². The molecule has 1 amide bonds. The number of hydrogen-bond acceptors (Lipinski definition) is 6. The molecule has 0 bridgehead atoms. The van der Waals surface area contributed by atoms with Crippen molar-refractivity contribution in [1.29, 1.82) is 5.26 Å². The molecule has 0 aliphatic carbocycles. The van der Waals surface area contributed by atoms with Crippen LogP contribution in [0.2, 0.25) is 0 Å². The number of nitrogens with one attached hydrogen (secondary N) is 1. The van der Waals surface area contributed by atoms with Gasteiger partial charge in [0.25, 0.3) is 0 Å². The van der Waals surface area contributed by atoms with Gasteiger partial charge in [-0.1, -0.05) is 33.4 Å². The van der Waals surface area contributed by atoms with Crippen molar-refractivity contribution in [1.82, 2.24) is 19.7 Å². The minimum atomic E-state index is -0.245. The molecule has 1 N–H and O–H groups in total. The summed E-state index contributed by atoms with van der Waals surface area (Å²) >= 11 is 0. The highest BCUT2D eigenvalue weighted by molar-refractivity contribution is 6.03. The Bertz CT molecular complexity index is 1170. The maximum absolute atomic E-state index is 12.5. The lowest BCUT2D eigenvalue weighted by molar-refractivity contribution is -0.118. The molecule has 4 rings (SSSR count). The fraction of sp³-hybridized carbons (Fsp3) is 0.400. The first-order chi connectivity index (χ1) is 15.4. The molecule has 33 heavy (non-hydrogen) atoms. The molecule has 8 nitrogen and oxygen atoms in total. The summed E-state index contributed by atoms with van der Waals surface area (Å²) < 4.78 is 1.90. The normalized spacial score (nSPS) is 15.0. The highest BCUT2D eigenvalue weighted by Crippen LogP contribution is 2.33. The average Bonchev–Trinajstić information content (AvgIpc) is 3.21. The van der Waals surface area contributed by atoms with Crippen molar-refractivity contribution in [2.24, 2.45) is 5.92 Å². The predicted molar refractivity (Wildman–Crippen MR) is 129 cm³/mol. The lowest BCUT2D eigenvalue weighted by Gasteiger charge is -2.36. The first-order valence-corrected chi connectivity index (χ1v) is 10.8. The van der Waals surface area contributed by atoms with Gasteiger partial charge in [-0.05, 0) is 42.5 Å². The SMILES string of the molecule is C.Cc1nc(CCc2cnn(Cc3ccc(C#N)cc3)c2)nc2c1NC(=O)[C@H](C(C)C)N2C. The van der Waals surface area contributed by atoms with Crippen molar-refractivity contribution in [3.05, 3.63) is 64.9 Å². The van der Waals surface area contributed by atoms with Crippen LogP contribution in [0.25, 0.3) is 0 Å². The van der Waals surface area contributed by atoms with Crippen molar-refractivity contribution >= 4 is 17.4 Å². The van der Waals surface area contributed by atoms with Crippen LogP contribution in [0.15, 0.2) is 36.7 Å². The monoisotopic (exact) mass is 445 g/mol. The van der Waals surface area contributed by atoms with Crippen molar-refractivity contribution in [3.8, 4) is 6.07 Å². The lowest BCUT2D eigenvalue weighted by Crippen LogP contribution is -2.49. The van der Waals surface area contributed by atoms with Gasteiger partial charge in [-0.2, -0.15) is 10.4 Å². The molecule has 2 aromatic heterocycles. The van der Waals surface area contributed by atoms with Crippen LogP contribution in [0.5, 0.6) is 0 Å². The largest absolute Gasteiger partial charge is 0.346 e. The fourth-order valence-corrected chi connectivity index (χ4v) is 4.13. The summed E-state index contributed by atoms with van der Waals surface area (Å²) in [6.45, 7) is 6.64. The van der Waals surface area contributed by atoms with Gasteiger partial charge in [-0.25, -0.2) is 9.97 Å². The van der Waals surface area contributed by atoms with E-state index in [2.05, 4.69) is 21.5 Å². The Labute approximate surface area is 195 Å². The number of nitrogens with zero attached hydrogens (tertiary/aromatic N) is 6. The Morgan fingerprint density at radius 3 is 2.55 bits per heavy atom. The Morgan fingerprint density at radius 2 is 1.88 bits per heavy atom.